The first-order chi connectivity index (χ1) is 15.6. The Labute approximate surface area is 188 Å². The molecular formula is C25H28N2O5. The van der Waals surface area contributed by atoms with E-state index in [1.54, 1.807) is 17.0 Å². The van der Waals surface area contributed by atoms with Crippen LogP contribution in [-0.2, 0) is 16.1 Å². The lowest BCUT2D eigenvalue weighted by Gasteiger charge is -2.51. The number of fused-ring (bicyclic) bond motifs is 1. The summed E-state index contributed by atoms with van der Waals surface area (Å²) < 4.78 is 16.4. The third-order valence-electron chi connectivity index (χ3n) is 6.17. The number of hydrogen-bond donors (Lipinski definition) is 1. The van der Waals surface area contributed by atoms with Crippen molar-refractivity contribution in [1.29, 1.82) is 0 Å². The largest absolute Gasteiger partial charge is 0.493 e. The molecule has 7 heteroatoms. The van der Waals surface area contributed by atoms with Gasteiger partial charge in [-0.1, -0.05) is 42.5 Å². The number of ether oxygens (including phenoxy) is 3. The molecule has 1 unspecified atom stereocenters. The quantitative estimate of drug-likeness (QED) is 0.508. The molecule has 1 fully saturated rings. The summed E-state index contributed by atoms with van der Waals surface area (Å²) in [6.45, 7) is 0.372. The Bertz CT molecular complexity index is 995. The van der Waals surface area contributed by atoms with Crippen molar-refractivity contribution in [3.05, 3.63) is 65.7 Å². The molecule has 1 saturated heterocycles. The number of amides is 2. The minimum absolute atomic E-state index is 0.000864. The molecule has 7 nitrogen and oxygen atoms in total. The van der Waals surface area contributed by atoms with Gasteiger partial charge in [0.15, 0.2) is 11.5 Å². The van der Waals surface area contributed by atoms with Gasteiger partial charge in [-0.15, -0.1) is 0 Å². The normalized spacial score (nSPS) is 20.1. The SMILES string of the molecule is COc1cc(C(C(=O)NCc2ccccc2)N2C(=O)[C@@H]3CC=CC[C@@H]32)cc(OC)c1OC. The van der Waals surface area contributed by atoms with Crippen LogP contribution in [0.1, 0.15) is 30.0 Å². The second-order valence-corrected chi connectivity index (χ2v) is 7.93. The lowest BCUT2D eigenvalue weighted by atomic mass is 9.77. The first-order valence-corrected chi connectivity index (χ1v) is 10.7. The van der Waals surface area contributed by atoms with Crippen molar-refractivity contribution in [2.45, 2.75) is 31.5 Å². The number of nitrogens with zero attached hydrogens (tertiary/aromatic N) is 1. The van der Waals surface area contributed by atoms with Crippen LogP contribution in [0.5, 0.6) is 17.2 Å². The molecule has 0 spiro atoms. The Hall–Kier alpha value is -3.48. The Morgan fingerprint density at radius 3 is 2.31 bits per heavy atom. The van der Waals surface area contributed by atoms with E-state index in [0.29, 0.717) is 35.8 Å². The highest BCUT2D eigenvalue weighted by molar-refractivity contribution is 5.94. The maximum absolute atomic E-state index is 13.5. The molecule has 32 heavy (non-hydrogen) atoms. The van der Waals surface area contributed by atoms with E-state index in [1.165, 1.54) is 21.3 Å². The molecule has 2 amide bonds. The summed E-state index contributed by atoms with van der Waals surface area (Å²) in [6.07, 6.45) is 5.58. The molecular weight excluding hydrogens is 408 g/mol. The van der Waals surface area contributed by atoms with Crippen LogP contribution in [-0.4, -0.2) is 44.1 Å². The lowest BCUT2D eigenvalue weighted by Crippen LogP contribution is -2.64. The molecule has 2 aromatic rings. The Morgan fingerprint density at radius 1 is 1.03 bits per heavy atom. The number of β-lactam (4-membered cyclic amide) rings is 1. The second kappa shape index (κ2) is 9.34. The van der Waals surface area contributed by atoms with Gasteiger partial charge in [-0.2, -0.15) is 0 Å². The highest BCUT2D eigenvalue weighted by Crippen LogP contribution is 2.45. The smallest absolute Gasteiger partial charge is 0.247 e. The molecule has 1 N–H and O–H groups in total. The number of rotatable bonds is 8. The van der Waals surface area contributed by atoms with Gasteiger partial charge in [0.05, 0.1) is 27.2 Å². The van der Waals surface area contributed by atoms with Crippen molar-refractivity contribution in [2.75, 3.05) is 21.3 Å². The monoisotopic (exact) mass is 436 g/mol. The first-order valence-electron chi connectivity index (χ1n) is 10.7. The Balaban J connectivity index is 1.70. The van der Waals surface area contributed by atoms with Crippen molar-refractivity contribution in [3.8, 4) is 17.2 Å². The number of allylic oxidation sites excluding steroid dienone is 1. The fourth-order valence-electron chi connectivity index (χ4n) is 4.54. The zero-order valence-electron chi connectivity index (χ0n) is 18.5. The van der Waals surface area contributed by atoms with Gasteiger partial charge in [0.25, 0.3) is 0 Å². The van der Waals surface area contributed by atoms with Crippen LogP contribution in [0.3, 0.4) is 0 Å². The van der Waals surface area contributed by atoms with E-state index < -0.39 is 6.04 Å². The molecule has 1 aliphatic heterocycles. The number of likely N-dealkylation sites (tertiary alicyclic amines) is 1. The lowest BCUT2D eigenvalue weighted by molar-refractivity contribution is -0.165. The minimum atomic E-state index is -0.798. The molecule has 168 valence electrons. The number of carbonyl (C=O) groups excluding carboxylic acids is 2. The highest BCUT2D eigenvalue weighted by atomic mass is 16.5. The summed E-state index contributed by atoms with van der Waals surface area (Å²) in [7, 11) is 4.59. The van der Waals surface area contributed by atoms with Crippen LogP contribution in [0.2, 0.25) is 0 Å². The van der Waals surface area contributed by atoms with Gasteiger partial charge < -0.3 is 24.4 Å². The van der Waals surface area contributed by atoms with Crippen LogP contribution in [0.25, 0.3) is 0 Å². The summed E-state index contributed by atoms with van der Waals surface area (Å²) in [5.74, 6) is 1.01. The summed E-state index contributed by atoms with van der Waals surface area (Å²) in [4.78, 5) is 28.2. The van der Waals surface area contributed by atoms with Crippen molar-refractivity contribution in [1.82, 2.24) is 10.2 Å². The second-order valence-electron chi connectivity index (χ2n) is 7.93. The molecule has 2 aromatic carbocycles. The molecule has 0 bridgehead atoms. The van der Waals surface area contributed by atoms with Gasteiger partial charge >= 0.3 is 0 Å². The first kappa shape index (κ1) is 21.7. The topological polar surface area (TPSA) is 77.1 Å². The number of nitrogens with one attached hydrogen (secondary N) is 1. The van der Waals surface area contributed by atoms with Crippen molar-refractivity contribution < 1.29 is 23.8 Å². The summed E-state index contributed by atoms with van der Waals surface area (Å²) in [5, 5.41) is 3.00. The molecule has 3 atom stereocenters. The van der Waals surface area contributed by atoms with Gasteiger partial charge in [-0.05, 0) is 36.1 Å². The zero-order chi connectivity index (χ0) is 22.7. The van der Waals surface area contributed by atoms with Crippen LogP contribution >= 0.6 is 0 Å². The van der Waals surface area contributed by atoms with Gasteiger partial charge in [0, 0.05) is 12.6 Å². The highest BCUT2D eigenvalue weighted by Gasteiger charge is 2.52. The molecule has 2 aliphatic rings. The maximum Gasteiger partial charge on any atom is 0.247 e. The van der Waals surface area contributed by atoms with E-state index in [0.717, 1.165) is 12.0 Å². The van der Waals surface area contributed by atoms with Gasteiger partial charge in [0.1, 0.15) is 6.04 Å². The van der Waals surface area contributed by atoms with Crippen molar-refractivity contribution in [3.63, 3.8) is 0 Å². The van der Waals surface area contributed by atoms with E-state index in [2.05, 4.69) is 11.4 Å². The van der Waals surface area contributed by atoms with Crippen LogP contribution < -0.4 is 19.5 Å². The molecule has 0 saturated carbocycles. The molecule has 1 heterocycles. The van der Waals surface area contributed by atoms with Crippen LogP contribution in [0.15, 0.2) is 54.6 Å². The number of hydrogen-bond acceptors (Lipinski definition) is 5. The van der Waals surface area contributed by atoms with Crippen molar-refractivity contribution in [2.24, 2.45) is 5.92 Å². The summed E-state index contributed by atoms with van der Waals surface area (Å²) >= 11 is 0. The number of benzene rings is 2. The molecule has 4 rings (SSSR count). The minimum Gasteiger partial charge on any atom is -0.493 e. The fourth-order valence-corrected chi connectivity index (χ4v) is 4.54. The van der Waals surface area contributed by atoms with E-state index >= 15 is 0 Å². The third-order valence-corrected chi connectivity index (χ3v) is 6.17. The van der Waals surface area contributed by atoms with E-state index in [9.17, 15) is 9.59 Å². The average molecular weight is 437 g/mol. The Morgan fingerprint density at radius 2 is 1.69 bits per heavy atom. The Kier molecular flexibility index (Phi) is 6.35. The van der Waals surface area contributed by atoms with Crippen molar-refractivity contribution >= 4 is 11.8 Å². The molecule has 1 aliphatic carbocycles. The fraction of sp³-hybridized carbons (Fsp3) is 0.360. The van der Waals surface area contributed by atoms with Gasteiger partial charge in [-0.3, -0.25) is 9.59 Å². The standard InChI is InChI=1S/C25H28N2O5/c1-30-20-13-17(14-21(31-2)23(20)32-3)22(24(28)26-15-16-9-5-4-6-10-16)27-19-12-8-7-11-18(19)25(27)29/h4-10,13-14,18-19,22H,11-12,15H2,1-3H3,(H,26,28)/t18-,19+,22?/m1/s1. The van der Waals surface area contributed by atoms with E-state index in [1.807, 2.05) is 36.4 Å². The van der Waals surface area contributed by atoms with Crippen LogP contribution in [0, 0.1) is 5.92 Å². The van der Waals surface area contributed by atoms with Crippen LogP contribution in [0.4, 0.5) is 0 Å². The van der Waals surface area contributed by atoms with E-state index in [4.69, 9.17) is 14.2 Å². The summed E-state index contributed by atoms with van der Waals surface area (Å²) in [6, 6.07) is 12.4. The predicted molar refractivity (Wildman–Crippen MR) is 120 cm³/mol. The maximum atomic E-state index is 13.5. The number of carbonyl (C=O) groups is 2. The number of methoxy groups -OCH3 is 3. The molecule has 0 aromatic heterocycles. The van der Waals surface area contributed by atoms with Gasteiger partial charge in [0.2, 0.25) is 17.6 Å². The summed E-state index contributed by atoms with van der Waals surface area (Å²) in [5.41, 5.74) is 1.60. The predicted octanol–water partition coefficient (Wildman–Crippen LogP) is 3.25. The third kappa shape index (κ3) is 3.90. The van der Waals surface area contributed by atoms with E-state index in [-0.39, 0.29) is 23.8 Å². The average Bonchev–Trinajstić information content (AvgIpc) is 2.85. The van der Waals surface area contributed by atoms with Gasteiger partial charge in [-0.25, -0.2) is 0 Å². The molecule has 0 radical (unpaired) electrons. The zero-order valence-corrected chi connectivity index (χ0v) is 18.5.